The van der Waals surface area contributed by atoms with Gasteiger partial charge in [0.15, 0.2) is 0 Å². The summed E-state index contributed by atoms with van der Waals surface area (Å²) in [7, 11) is 0. The Kier molecular flexibility index (Phi) is 5.05. The van der Waals surface area contributed by atoms with E-state index >= 15 is 0 Å². The van der Waals surface area contributed by atoms with Crippen molar-refractivity contribution in [2.45, 2.75) is 58.0 Å². The smallest absolute Gasteiger partial charge is 0.0469 e. The molecule has 106 valence electrons. The molecule has 0 aromatic rings. The van der Waals surface area contributed by atoms with Crippen LogP contribution in [-0.2, 0) is 4.74 Å². The molecule has 2 heterocycles. The first kappa shape index (κ1) is 14.3. The first-order valence-corrected chi connectivity index (χ1v) is 7.67. The van der Waals surface area contributed by atoms with Gasteiger partial charge in [0.1, 0.15) is 0 Å². The maximum Gasteiger partial charge on any atom is 0.0469 e. The van der Waals surface area contributed by atoms with E-state index in [1.165, 1.54) is 38.8 Å². The van der Waals surface area contributed by atoms with Crippen molar-refractivity contribution in [2.75, 3.05) is 32.8 Å². The van der Waals surface area contributed by atoms with Gasteiger partial charge in [-0.05, 0) is 39.0 Å². The molecule has 2 saturated heterocycles. The highest BCUT2D eigenvalue weighted by atomic mass is 16.5. The van der Waals surface area contributed by atoms with Gasteiger partial charge in [-0.25, -0.2) is 0 Å². The molecule has 0 amide bonds. The van der Waals surface area contributed by atoms with E-state index in [9.17, 15) is 0 Å². The van der Waals surface area contributed by atoms with E-state index in [2.05, 4.69) is 31.0 Å². The van der Waals surface area contributed by atoms with Crippen molar-refractivity contribution in [2.24, 2.45) is 5.92 Å². The molecule has 3 nitrogen and oxygen atoms in total. The van der Waals surface area contributed by atoms with Gasteiger partial charge in [0.2, 0.25) is 0 Å². The Morgan fingerprint density at radius 2 is 2.00 bits per heavy atom. The molecule has 0 saturated carbocycles. The van der Waals surface area contributed by atoms with E-state index in [-0.39, 0.29) is 5.54 Å². The minimum atomic E-state index is 0.273. The van der Waals surface area contributed by atoms with E-state index in [1.54, 1.807) is 0 Å². The predicted octanol–water partition coefficient (Wildman–Crippen LogP) is 2.27. The van der Waals surface area contributed by atoms with Gasteiger partial charge in [-0.1, -0.05) is 13.3 Å². The van der Waals surface area contributed by atoms with Crippen molar-refractivity contribution in [1.82, 2.24) is 10.2 Å². The average molecular weight is 254 g/mol. The number of hydrogen-bond donors (Lipinski definition) is 1. The maximum atomic E-state index is 5.47. The molecule has 3 heteroatoms. The van der Waals surface area contributed by atoms with Crippen LogP contribution in [0.5, 0.6) is 0 Å². The normalized spacial score (nSPS) is 30.5. The van der Waals surface area contributed by atoms with Gasteiger partial charge in [-0.3, -0.25) is 4.90 Å². The van der Waals surface area contributed by atoms with Crippen LogP contribution in [0, 0.1) is 5.92 Å². The lowest BCUT2D eigenvalue weighted by molar-refractivity contribution is 0.0251. The molecule has 2 aliphatic heterocycles. The molecule has 0 bridgehead atoms. The van der Waals surface area contributed by atoms with Gasteiger partial charge < -0.3 is 10.1 Å². The number of ether oxygens (including phenoxy) is 1. The van der Waals surface area contributed by atoms with Crippen molar-refractivity contribution in [1.29, 1.82) is 0 Å². The van der Waals surface area contributed by atoms with Gasteiger partial charge >= 0.3 is 0 Å². The highest BCUT2D eigenvalue weighted by Gasteiger charge is 2.33. The fourth-order valence-corrected chi connectivity index (χ4v) is 3.31. The molecule has 0 spiro atoms. The summed E-state index contributed by atoms with van der Waals surface area (Å²) in [5.41, 5.74) is 0.273. The third kappa shape index (κ3) is 3.94. The molecule has 1 unspecified atom stereocenters. The molecular formula is C15H30N2O. The first-order chi connectivity index (χ1) is 8.61. The van der Waals surface area contributed by atoms with E-state index in [0.29, 0.717) is 0 Å². The summed E-state index contributed by atoms with van der Waals surface area (Å²) in [4.78, 5) is 2.75. The van der Waals surface area contributed by atoms with Gasteiger partial charge in [-0.15, -0.1) is 0 Å². The second-order valence-corrected chi connectivity index (χ2v) is 6.69. The lowest BCUT2D eigenvalue weighted by atomic mass is 9.93. The number of piperazine rings is 1. The Morgan fingerprint density at radius 3 is 2.67 bits per heavy atom. The topological polar surface area (TPSA) is 24.5 Å². The van der Waals surface area contributed by atoms with Crippen LogP contribution in [0.25, 0.3) is 0 Å². The Labute approximate surface area is 112 Å². The van der Waals surface area contributed by atoms with Crippen LogP contribution in [-0.4, -0.2) is 49.3 Å². The summed E-state index contributed by atoms with van der Waals surface area (Å²) in [6.45, 7) is 12.5. The summed E-state index contributed by atoms with van der Waals surface area (Å²) in [5.74, 6) is 0.854. The highest BCUT2D eigenvalue weighted by Crippen LogP contribution is 2.23. The van der Waals surface area contributed by atoms with E-state index < -0.39 is 0 Å². The van der Waals surface area contributed by atoms with Crippen LogP contribution in [0.15, 0.2) is 0 Å². The van der Waals surface area contributed by atoms with Crippen LogP contribution in [0.3, 0.4) is 0 Å². The van der Waals surface area contributed by atoms with E-state index in [4.69, 9.17) is 4.74 Å². The Balaban J connectivity index is 1.91. The molecule has 0 aromatic heterocycles. The minimum Gasteiger partial charge on any atom is -0.381 e. The van der Waals surface area contributed by atoms with Gasteiger partial charge in [-0.2, -0.15) is 0 Å². The first-order valence-electron chi connectivity index (χ1n) is 7.67. The van der Waals surface area contributed by atoms with Crippen LogP contribution >= 0.6 is 0 Å². The quantitative estimate of drug-likeness (QED) is 0.833. The molecule has 0 aliphatic carbocycles. The summed E-state index contributed by atoms with van der Waals surface area (Å²) >= 11 is 0. The zero-order valence-electron chi connectivity index (χ0n) is 12.4. The molecular weight excluding hydrogens is 224 g/mol. The lowest BCUT2D eigenvalue weighted by Gasteiger charge is -2.46. The number of rotatable bonds is 4. The van der Waals surface area contributed by atoms with E-state index in [0.717, 1.165) is 31.7 Å². The van der Waals surface area contributed by atoms with Crippen molar-refractivity contribution in [3.8, 4) is 0 Å². The lowest BCUT2D eigenvalue weighted by Crippen LogP contribution is -2.62. The summed E-state index contributed by atoms with van der Waals surface area (Å²) in [5, 5.41) is 3.69. The molecule has 1 N–H and O–H groups in total. The minimum absolute atomic E-state index is 0.273. The standard InChI is InChI=1S/C15H30N2O/c1-4-5-14-10-16-15(2,3)12-17(14)11-13-6-8-18-9-7-13/h13-14,16H,4-12H2,1-3H3. The molecule has 1 atom stereocenters. The number of nitrogens with zero attached hydrogens (tertiary/aromatic N) is 1. The molecule has 2 rings (SSSR count). The van der Waals surface area contributed by atoms with Crippen molar-refractivity contribution >= 4 is 0 Å². The highest BCUT2D eigenvalue weighted by molar-refractivity contribution is 4.92. The third-order valence-electron chi connectivity index (χ3n) is 4.39. The Hall–Kier alpha value is -0.120. The largest absolute Gasteiger partial charge is 0.381 e. The van der Waals surface area contributed by atoms with Crippen molar-refractivity contribution in [3.63, 3.8) is 0 Å². The fraction of sp³-hybridized carbons (Fsp3) is 1.00. The van der Waals surface area contributed by atoms with Crippen LogP contribution in [0.4, 0.5) is 0 Å². The molecule has 0 aromatic carbocycles. The number of nitrogens with one attached hydrogen (secondary N) is 1. The number of hydrogen-bond acceptors (Lipinski definition) is 3. The summed E-state index contributed by atoms with van der Waals surface area (Å²) < 4.78 is 5.47. The third-order valence-corrected chi connectivity index (χ3v) is 4.39. The molecule has 2 aliphatic rings. The fourth-order valence-electron chi connectivity index (χ4n) is 3.31. The monoisotopic (exact) mass is 254 g/mol. The van der Waals surface area contributed by atoms with Crippen molar-refractivity contribution in [3.05, 3.63) is 0 Å². The average Bonchev–Trinajstić information content (AvgIpc) is 2.34. The summed E-state index contributed by atoms with van der Waals surface area (Å²) in [6, 6.07) is 0.742. The summed E-state index contributed by atoms with van der Waals surface area (Å²) in [6.07, 6.45) is 5.12. The zero-order chi connectivity index (χ0) is 13.0. The van der Waals surface area contributed by atoms with E-state index in [1.807, 2.05) is 0 Å². The molecule has 18 heavy (non-hydrogen) atoms. The van der Waals surface area contributed by atoms with Gasteiger partial charge in [0.05, 0.1) is 0 Å². The molecule has 2 fully saturated rings. The second-order valence-electron chi connectivity index (χ2n) is 6.69. The SMILES string of the molecule is CCCC1CNC(C)(C)CN1CC1CCOCC1. The maximum absolute atomic E-state index is 5.47. The van der Waals surface area contributed by atoms with Crippen LogP contribution in [0.1, 0.15) is 46.5 Å². The Morgan fingerprint density at radius 1 is 1.28 bits per heavy atom. The molecule has 0 radical (unpaired) electrons. The van der Waals surface area contributed by atoms with Gasteiger partial charge in [0.25, 0.3) is 0 Å². The predicted molar refractivity (Wildman–Crippen MR) is 75.9 cm³/mol. The van der Waals surface area contributed by atoms with Gasteiger partial charge in [0, 0.05) is 44.4 Å². The Bertz CT molecular complexity index is 249. The van der Waals surface area contributed by atoms with Crippen LogP contribution in [0.2, 0.25) is 0 Å². The second kappa shape index (κ2) is 6.36. The van der Waals surface area contributed by atoms with Crippen molar-refractivity contribution < 1.29 is 4.74 Å². The van der Waals surface area contributed by atoms with Crippen LogP contribution < -0.4 is 5.32 Å². The zero-order valence-corrected chi connectivity index (χ0v) is 12.4.